The Morgan fingerprint density at radius 2 is 1.75 bits per heavy atom. The van der Waals surface area contributed by atoms with E-state index in [1.807, 2.05) is 6.92 Å². The molecule has 0 aliphatic heterocycles. The highest BCUT2D eigenvalue weighted by atomic mass is 16.2. The Kier molecular flexibility index (Phi) is 3.31. The third kappa shape index (κ3) is 2.04. The van der Waals surface area contributed by atoms with Gasteiger partial charge in [0.05, 0.1) is 0 Å². The van der Waals surface area contributed by atoms with Crippen molar-refractivity contribution >= 4 is 11.2 Å². The van der Waals surface area contributed by atoms with Crippen molar-refractivity contribution in [1.82, 2.24) is 19.1 Å². The van der Waals surface area contributed by atoms with Gasteiger partial charge >= 0.3 is 5.69 Å². The Balaban J connectivity index is 1.90. The molecule has 3 fully saturated rings. The van der Waals surface area contributed by atoms with E-state index in [0.717, 1.165) is 31.5 Å². The Morgan fingerprint density at radius 3 is 2.33 bits per heavy atom. The number of nitrogens with zero attached hydrogens (tertiary/aromatic N) is 3. The van der Waals surface area contributed by atoms with E-state index < -0.39 is 0 Å². The number of hydrogen-bond donors (Lipinski definition) is 1. The highest BCUT2D eigenvalue weighted by Gasteiger charge is 2.48. The van der Waals surface area contributed by atoms with Gasteiger partial charge in [-0.25, -0.2) is 9.78 Å². The summed E-state index contributed by atoms with van der Waals surface area (Å²) in [7, 11) is 1.54. The van der Waals surface area contributed by atoms with E-state index in [0.29, 0.717) is 23.1 Å². The summed E-state index contributed by atoms with van der Waals surface area (Å²) in [5.41, 5.74) is 1.03. The normalized spacial score (nSPS) is 29.5. The second-order valence-electron chi connectivity index (χ2n) is 8.17. The van der Waals surface area contributed by atoms with Crippen LogP contribution in [0.2, 0.25) is 0 Å². The molecule has 24 heavy (non-hydrogen) atoms. The lowest BCUT2D eigenvalue weighted by Crippen LogP contribution is -2.43. The lowest BCUT2D eigenvalue weighted by atomic mass is 9.54. The molecule has 1 N–H and O–H groups in total. The van der Waals surface area contributed by atoms with E-state index >= 15 is 0 Å². The second-order valence-corrected chi connectivity index (χ2v) is 8.17. The van der Waals surface area contributed by atoms with E-state index in [1.165, 1.54) is 23.8 Å². The van der Waals surface area contributed by atoms with Gasteiger partial charge in [-0.1, -0.05) is 13.8 Å². The molecule has 6 nitrogen and oxygen atoms in total. The van der Waals surface area contributed by atoms with Crippen molar-refractivity contribution in [3.63, 3.8) is 0 Å². The van der Waals surface area contributed by atoms with Gasteiger partial charge in [0.15, 0.2) is 5.65 Å². The second kappa shape index (κ2) is 5.07. The highest BCUT2D eigenvalue weighted by Crippen LogP contribution is 2.56. The Hall–Kier alpha value is -1.85. The average Bonchev–Trinajstić information content (AvgIpc) is 3.04. The number of rotatable bonds is 3. The van der Waals surface area contributed by atoms with Crippen LogP contribution in [0, 0.1) is 5.41 Å². The predicted molar refractivity (Wildman–Crippen MR) is 93.4 cm³/mol. The summed E-state index contributed by atoms with van der Waals surface area (Å²) in [6, 6.07) is 0. The molecule has 0 amide bonds. The third-order valence-electron chi connectivity index (χ3n) is 6.55. The van der Waals surface area contributed by atoms with Crippen LogP contribution in [0.15, 0.2) is 9.59 Å². The van der Waals surface area contributed by atoms with E-state index in [4.69, 9.17) is 4.98 Å². The average molecular weight is 330 g/mol. The van der Waals surface area contributed by atoms with Crippen molar-refractivity contribution in [2.24, 2.45) is 12.5 Å². The summed E-state index contributed by atoms with van der Waals surface area (Å²) >= 11 is 0. The molecule has 3 aliphatic rings. The van der Waals surface area contributed by atoms with Crippen LogP contribution in [0.3, 0.4) is 0 Å². The van der Waals surface area contributed by atoms with Gasteiger partial charge in [0, 0.05) is 19.0 Å². The molecule has 2 bridgehead atoms. The van der Waals surface area contributed by atoms with E-state index in [9.17, 15) is 9.59 Å². The number of aromatic amines is 1. The monoisotopic (exact) mass is 330 g/mol. The lowest BCUT2D eigenvalue weighted by Gasteiger charge is -2.51. The van der Waals surface area contributed by atoms with Crippen molar-refractivity contribution < 1.29 is 0 Å². The summed E-state index contributed by atoms with van der Waals surface area (Å²) < 4.78 is 2.83. The maximum Gasteiger partial charge on any atom is 0.332 e. The van der Waals surface area contributed by atoms with Crippen LogP contribution < -0.4 is 11.2 Å². The van der Waals surface area contributed by atoms with Crippen LogP contribution in [0.4, 0.5) is 0 Å². The zero-order valence-electron chi connectivity index (χ0n) is 14.8. The van der Waals surface area contributed by atoms with Gasteiger partial charge in [0.1, 0.15) is 11.3 Å². The molecule has 0 radical (unpaired) electrons. The molecule has 0 aromatic carbocycles. The number of imidazole rings is 1. The Morgan fingerprint density at radius 1 is 1.12 bits per heavy atom. The van der Waals surface area contributed by atoms with E-state index in [2.05, 4.69) is 11.9 Å². The molecule has 2 aromatic heterocycles. The number of aryl methyl sites for hydroxylation is 1. The Labute approximate surface area is 140 Å². The number of aromatic nitrogens is 4. The molecule has 2 aromatic rings. The maximum atomic E-state index is 12.5. The van der Waals surface area contributed by atoms with Gasteiger partial charge in [-0.05, 0) is 50.4 Å². The van der Waals surface area contributed by atoms with Gasteiger partial charge in [0.2, 0.25) is 0 Å². The minimum Gasteiger partial charge on any atom is -0.336 e. The third-order valence-corrected chi connectivity index (χ3v) is 6.55. The molecule has 3 aliphatic carbocycles. The van der Waals surface area contributed by atoms with Crippen molar-refractivity contribution in [3.05, 3.63) is 26.7 Å². The van der Waals surface area contributed by atoms with Crippen molar-refractivity contribution in [2.45, 2.75) is 70.8 Å². The SMILES string of the molecule is CCCn1c(=O)n(C)c(=O)c2[nH]c(C34CCC(C)(CC3)CC4)nc21. The topological polar surface area (TPSA) is 72.7 Å². The van der Waals surface area contributed by atoms with E-state index in [-0.39, 0.29) is 16.7 Å². The fourth-order valence-corrected chi connectivity index (χ4v) is 4.64. The van der Waals surface area contributed by atoms with Crippen LogP contribution in [0.5, 0.6) is 0 Å². The smallest absolute Gasteiger partial charge is 0.332 e. The minimum atomic E-state index is -0.273. The predicted octanol–water partition coefficient (Wildman–Crippen LogP) is 2.45. The van der Waals surface area contributed by atoms with Crippen LogP contribution in [-0.2, 0) is 19.0 Å². The van der Waals surface area contributed by atoms with Crippen LogP contribution in [0.1, 0.15) is 64.6 Å². The number of H-pyrrole nitrogens is 1. The summed E-state index contributed by atoms with van der Waals surface area (Å²) in [6.07, 6.45) is 7.89. The first-order valence-electron chi connectivity index (χ1n) is 9.09. The molecule has 0 saturated heterocycles. The molecule has 2 heterocycles. The highest BCUT2D eigenvalue weighted by molar-refractivity contribution is 5.70. The fraction of sp³-hybridized carbons (Fsp3) is 0.722. The van der Waals surface area contributed by atoms with Crippen molar-refractivity contribution in [2.75, 3.05) is 0 Å². The zero-order valence-corrected chi connectivity index (χ0v) is 14.8. The molecule has 130 valence electrons. The fourth-order valence-electron chi connectivity index (χ4n) is 4.64. The first-order valence-corrected chi connectivity index (χ1v) is 9.09. The quantitative estimate of drug-likeness (QED) is 0.939. The summed E-state index contributed by atoms with van der Waals surface area (Å²) in [6.45, 7) is 5.00. The van der Waals surface area contributed by atoms with Crippen molar-refractivity contribution in [3.8, 4) is 0 Å². The van der Waals surface area contributed by atoms with E-state index in [1.54, 1.807) is 11.6 Å². The molecule has 5 rings (SSSR count). The van der Waals surface area contributed by atoms with Crippen LogP contribution in [0.25, 0.3) is 11.2 Å². The zero-order chi connectivity index (χ0) is 17.1. The van der Waals surface area contributed by atoms with Gasteiger partial charge in [-0.2, -0.15) is 0 Å². The Bertz CT molecular complexity index is 893. The maximum absolute atomic E-state index is 12.5. The first-order chi connectivity index (χ1) is 11.4. The molecule has 6 heteroatoms. The minimum absolute atomic E-state index is 0.0644. The first kappa shape index (κ1) is 15.7. The lowest BCUT2D eigenvalue weighted by molar-refractivity contribution is 0.0513. The standard InChI is InChI=1S/C18H26N4O2/c1-4-11-22-13-12(14(23)21(3)16(22)24)19-15(20-13)18-8-5-17(2,6-9-18)7-10-18/h4-11H2,1-3H3,(H,19,20). The van der Waals surface area contributed by atoms with Crippen LogP contribution in [-0.4, -0.2) is 19.1 Å². The molecule has 0 spiro atoms. The van der Waals surface area contributed by atoms with Gasteiger partial charge in [0.25, 0.3) is 5.56 Å². The number of nitrogens with one attached hydrogen (secondary N) is 1. The summed E-state index contributed by atoms with van der Waals surface area (Å²) in [4.78, 5) is 33.1. The summed E-state index contributed by atoms with van der Waals surface area (Å²) in [5, 5.41) is 0. The van der Waals surface area contributed by atoms with Gasteiger partial charge in [-0.3, -0.25) is 13.9 Å². The number of hydrogen-bond acceptors (Lipinski definition) is 3. The largest absolute Gasteiger partial charge is 0.336 e. The molecule has 0 atom stereocenters. The van der Waals surface area contributed by atoms with Gasteiger partial charge in [-0.15, -0.1) is 0 Å². The van der Waals surface area contributed by atoms with Crippen LogP contribution >= 0.6 is 0 Å². The molecular weight excluding hydrogens is 304 g/mol. The summed E-state index contributed by atoms with van der Waals surface area (Å²) in [5.74, 6) is 0.923. The molecular formula is C18H26N4O2. The number of fused-ring (bicyclic) bond motifs is 4. The van der Waals surface area contributed by atoms with Gasteiger partial charge < -0.3 is 4.98 Å². The van der Waals surface area contributed by atoms with Crippen molar-refractivity contribution in [1.29, 1.82) is 0 Å². The molecule has 3 saturated carbocycles. The molecule has 0 unspecified atom stereocenters.